The van der Waals surface area contributed by atoms with Gasteiger partial charge in [-0.1, -0.05) is 12.1 Å². The number of aromatic nitrogens is 3. The zero-order valence-corrected chi connectivity index (χ0v) is 18.5. The predicted octanol–water partition coefficient (Wildman–Crippen LogP) is 1.94. The highest BCUT2D eigenvalue weighted by molar-refractivity contribution is 5.78. The second kappa shape index (κ2) is 9.93. The maximum Gasteiger partial charge on any atom is 0.234 e. The number of benzene rings is 1. The van der Waals surface area contributed by atoms with Crippen LogP contribution in [0.4, 0.5) is 17.5 Å². The van der Waals surface area contributed by atoms with E-state index >= 15 is 0 Å². The highest BCUT2D eigenvalue weighted by Gasteiger charge is 2.19. The van der Waals surface area contributed by atoms with Crippen LogP contribution in [0.3, 0.4) is 0 Å². The number of rotatable bonds is 0. The Bertz CT molecular complexity index is 1100. The molecule has 0 unspecified atom stereocenters. The predicted molar refractivity (Wildman–Crippen MR) is 128 cm³/mol. The minimum atomic E-state index is 0.0639. The van der Waals surface area contributed by atoms with Crippen LogP contribution in [0.25, 0.3) is 11.3 Å². The van der Waals surface area contributed by atoms with Crippen LogP contribution < -0.4 is 16.0 Å². The first kappa shape index (κ1) is 21.3. The van der Waals surface area contributed by atoms with Crippen molar-refractivity contribution in [2.75, 3.05) is 56.4 Å². The van der Waals surface area contributed by atoms with E-state index in [1.165, 1.54) is 5.56 Å². The van der Waals surface area contributed by atoms with Crippen molar-refractivity contribution in [1.82, 2.24) is 30.1 Å². The third kappa shape index (κ3) is 5.63. The molecule has 33 heavy (non-hydrogen) atoms. The van der Waals surface area contributed by atoms with E-state index in [4.69, 9.17) is 0 Å². The largest absolute Gasteiger partial charge is 0.368 e. The van der Waals surface area contributed by atoms with E-state index in [1.807, 2.05) is 24.3 Å². The molecule has 0 aliphatic carbocycles. The van der Waals surface area contributed by atoms with Crippen molar-refractivity contribution >= 4 is 23.4 Å². The molecule has 3 N–H and O–H groups in total. The molecule has 1 fully saturated rings. The highest BCUT2D eigenvalue weighted by Crippen LogP contribution is 2.21. The van der Waals surface area contributed by atoms with Crippen molar-refractivity contribution in [2.45, 2.75) is 6.54 Å². The summed E-state index contributed by atoms with van der Waals surface area (Å²) in [6.07, 6.45) is 3.54. The quantitative estimate of drug-likeness (QED) is 0.484. The van der Waals surface area contributed by atoms with Gasteiger partial charge in [0.1, 0.15) is 5.82 Å². The number of pyridine rings is 1. The molecule has 8 rings (SSSR count). The summed E-state index contributed by atoms with van der Waals surface area (Å²) < 4.78 is 0. The van der Waals surface area contributed by atoms with E-state index in [0.29, 0.717) is 25.6 Å². The minimum absolute atomic E-state index is 0.0639. The molecule has 1 amide bonds. The summed E-state index contributed by atoms with van der Waals surface area (Å²) in [5, 5.41) is 9.57. The van der Waals surface area contributed by atoms with Crippen molar-refractivity contribution in [3.05, 3.63) is 60.4 Å². The number of carbonyl (C=O) groups is 1. The summed E-state index contributed by atoms with van der Waals surface area (Å²) in [5.41, 5.74) is 3.90. The Balaban J connectivity index is 1.38. The lowest BCUT2D eigenvalue weighted by atomic mass is 10.1. The average Bonchev–Trinajstić information content (AvgIpc) is 2.83. The van der Waals surface area contributed by atoms with Gasteiger partial charge in [0.05, 0.1) is 12.2 Å². The summed E-state index contributed by atoms with van der Waals surface area (Å²) >= 11 is 0. The van der Waals surface area contributed by atoms with Crippen molar-refractivity contribution in [3.8, 4) is 11.3 Å². The van der Waals surface area contributed by atoms with Gasteiger partial charge < -0.3 is 16.0 Å². The topological polar surface area (TPSA) is 98.3 Å². The summed E-state index contributed by atoms with van der Waals surface area (Å²) in [7, 11) is 0. The molecule has 3 aromatic rings. The van der Waals surface area contributed by atoms with Gasteiger partial charge in [-0.3, -0.25) is 14.6 Å². The summed E-state index contributed by atoms with van der Waals surface area (Å²) in [6.45, 7) is 6.15. The van der Waals surface area contributed by atoms with E-state index in [-0.39, 0.29) is 5.91 Å². The third-order valence-corrected chi connectivity index (χ3v) is 5.89. The smallest absolute Gasteiger partial charge is 0.234 e. The lowest BCUT2D eigenvalue weighted by Gasteiger charge is -2.34. The number of anilines is 3. The molecular formula is C24H28N8O. The van der Waals surface area contributed by atoms with Crippen molar-refractivity contribution < 1.29 is 4.79 Å². The van der Waals surface area contributed by atoms with Crippen molar-refractivity contribution in [3.63, 3.8) is 0 Å². The Morgan fingerprint density at radius 1 is 0.848 bits per heavy atom. The molecular weight excluding hydrogens is 416 g/mol. The molecule has 170 valence electrons. The lowest BCUT2D eigenvalue weighted by molar-refractivity contribution is -0.122. The van der Waals surface area contributed by atoms with Gasteiger partial charge in [-0.05, 0) is 35.9 Å². The fraction of sp³-hybridized carbons (Fsp3) is 0.333. The van der Waals surface area contributed by atoms with Gasteiger partial charge in [0, 0.05) is 69.5 Å². The maximum atomic E-state index is 12.3. The Morgan fingerprint density at radius 2 is 1.67 bits per heavy atom. The van der Waals surface area contributed by atoms with Crippen molar-refractivity contribution in [1.29, 1.82) is 0 Å². The first-order chi connectivity index (χ1) is 16.2. The number of piperazine rings is 1. The van der Waals surface area contributed by atoms with Gasteiger partial charge in [-0.25, -0.2) is 15.0 Å². The molecule has 2 aromatic heterocycles. The van der Waals surface area contributed by atoms with E-state index in [9.17, 15) is 4.79 Å². The number of nitrogens with zero attached hydrogens (tertiary/aromatic N) is 5. The van der Waals surface area contributed by atoms with E-state index < -0.39 is 0 Å². The first-order valence-electron chi connectivity index (χ1n) is 11.3. The van der Waals surface area contributed by atoms with Gasteiger partial charge in [0.25, 0.3) is 0 Å². The standard InChI is InChI=1S/C24H28N8O/c33-23-17-32-12-10-31(11-13-32)16-18-2-1-3-20(14-18)29-24-27-7-6-21(30-24)19-4-5-22(28-15-19)25-8-9-26-23/h1-7,14-15H,8-13,16-17H2,(H,25,28)(H,26,33)(H,27,29,30). The number of hydrogen-bond acceptors (Lipinski definition) is 8. The van der Waals surface area contributed by atoms with E-state index in [1.54, 1.807) is 12.4 Å². The van der Waals surface area contributed by atoms with Crippen LogP contribution in [-0.2, 0) is 11.3 Å². The Morgan fingerprint density at radius 3 is 2.48 bits per heavy atom. The number of amides is 1. The number of carbonyl (C=O) groups excluding carboxylic acids is 1. The zero-order valence-electron chi connectivity index (χ0n) is 18.5. The Labute approximate surface area is 193 Å². The zero-order chi connectivity index (χ0) is 22.5. The molecule has 9 nitrogen and oxygen atoms in total. The van der Waals surface area contributed by atoms with Crippen molar-refractivity contribution in [2.24, 2.45) is 0 Å². The monoisotopic (exact) mass is 444 g/mol. The Hall–Kier alpha value is -3.56. The van der Waals surface area contributed by atoms with Crippen LogP contribution in [0.2, 0.25) is 0 Å². The molecule has 1 saturated heterocycles. The maximum absolute atomic E-state index is 12.3. The first-order valence-corrected chi connectivity index (χ1v) is 11.3. The van der Waals surface area contributed by atoms with Crippen LogP contribution in [0.5, 0.6) is 0 Å². The highest BCUT2D eigenvalue weighted by atomic mass is 16.2. The van der Waals surface area contributed by atoms with E-state index in [0.717, 1.165) is 55.5 Å². The molecule has 7 heterocycles. The molecule has 0 radical (unpaired) electrons. The second-order valence-corrected chi connectivity index (χ2v) is 8.35. The normalized spacial score (nSPS) is 21.2. The summed E-state index contributed by atoms with van der Waals surface area (Å²) in [4.78, 5) is 30.5. The molecule has 0 saturated carbocycles. The SMILES string of the molecule is O=C1CN2CCN(CC2)Cc2cccc(c2)Nc2nccc(n2)-c2ccc(nc2)NCCN1. The van der Waals surface area contributed by atoms with Gasteiger partial charge >= 0.3 is 0 Å². The molecule has 8 bridgehead atoms. The molecule has 0 atom stereocenters. The van der Waals surface area contributed by atoms with Crippen LogP contribution in [0, 0.1) is 0 Å². The molecule has 5 aliphatic rings. The molecule has 9 heteroatoms. The lowest BCUT2D eigenvalue weighted by Crippen LogP contribution is -2.49. The van der Waals surface area contributed by atoms with E-state index in [2.05, 4.69) is 58.9 Å². The van der Waals surface area contributed by atoms with Gasteiger partial charge in [0.2, 0.25) is 11.9 Å². The second-order valence-electron chi connectivity index (χ2n) is 8.35. The van der Waals surface area contributed by atoms with Crippen LogP contribution in [-0.4, -0.2) is 76.5 Å². The van der Waals surface area contributed by atoms with Crippen LogP contribution >= 0.6 is 0 Å². The minimum Gasteiger partial charge on any atom is -0.368 e. The van der Waals surface area contributed by atoms with Crippen LogP contribution in [0.15, 0.2) is 54.9 Å². The van der Waals surface area contributed by atoms with Gasteiger partial charge in [0.15, 0.2) is 0 Å². The third-order valence-electron chi connectivity index (χ3n) is 5.89. The fourth-order valence-electron chi connectivity index (χ4n) is 4.12. The Kier molecular flexibility index (Phi) is 6.41. The summed E-state index contributed by atoms with van der Waals surface area (Å²) in [6, 6.07) is 14.1. The molecule has 5 aliphatic heterocycles. The number of hydrogen-bond donors (Lipinski definition) is 3. The average molecular weight is 445 g/mol. The van der Waals surface area contributed by atoms with Gasteiger partial charge in [-0.15, -0.1) is 0 Å². The molecule has 0 spiro atoms. The van der Waals surface area contributed by atoms with Gasteiger partial charge in [-0.2, -0.15) is 0 Å². The van der Waals surface area contributed by atoms with Crippen LogP contribution in [0.1, 0.15) is 5.56 Å². The summed E-state index contributed by atoms with van der Waals surface area (Å²) in [5.74, 6) is 1.38. The molecule has 1 aromatic carbocycles. The number of nitrogens with one attached hydrogen (secondary N) is 3. The fourth-order valence-corrected chi connectivity index (χ4v) is 4.12.